The first-order chi connectivity index (χ1) is 14.2. The lowest BCUT2D eigenvalue weighted by molar-refractivity contribution is -0.133. The van der Waals surface area contributed by atoms with E-state index in [1.807, 2.05) is 22.0 Å². The number of ether oxygens (including phenoxy) is 2. The Morgan fingerprint density at radius 2 is 1.80 bits per heavy atom. The fourth-order valence-electron chi connectivity index (χ4n) is 4.20. The minimum absolute atomic E-state index is 0. The van der Waals surface area contributed by atoms with Gasteiger partial charge in [-0.05, 0) is 25.0 Å². The number of nitrogens with one attached hydrogen (secondary N) is 1. The van der Waals surface area contributed by atoms with Crippen LogP contribution in [0, 0.1) is 0 Å². The summed E-state index contributed by atoms with van der Waals surface area (Å²) >= 11 is 0. The predicted octanol–water partition coefficient (Wildman–Crippen LogP) is 2.25. The van der Waals surface area contributed by atoms with Gasteiger partial charge in [0.25, 0.3) is 5.91 Å². The number of carbonyl (C=O) groups is 2. The van der Waals surface area contributed by atoms with Crippen LogP contribution in [0.3, 0.4) is 0 Å². The molecule has 3 aliphatic heterocycles. The van der Waals surface area contributed by atoms with E-state index in [2.05, 4.69) is 5.32 Å². The highest BCUT2D eigenvalue weighted by atomic mass is 35.5. The highest BCUT2D eigenvalue weighted by Gasteiger charge is 2.30. The monoisotopic (exact) mass is 435 g/mol. The van der Waals surface area contributed by atoms with Crippen LogP contribution >= 0.6 is 12.4 Å². The molecule has 1 unspecified atom stereocenters. The minimum Gasteiger partial charge on any atom is -0.497 e. The largest absolute Gasteiger partial charge is 0.497 e. The summed E-state index contributed by atoms with van der Waals surface area (Å²) in [6.07, 6.45) is 7.49. The molecule has 2 amide bonds. The van der Waals surface area contributed by atoms with E-state index in [0.717, 1.165) is 45.3 Å². The molecule has 7 nitrogen and oxygen atoms in total. The van der Waals surface area contributed by atoms with Crippen molar-refractivity contribution in [2.45, 2.75) is 37.8 Å². The van der Waals surface area contributed by atoms with Gasteiger partial charge in [-0.3, -0.25) is 14.9 Å². The van der Waals surface area contributed by atoms with Gasteiger partial charge in [-0.1, -0.05) is 12.2 Å². The van der Waals surface area contributed by atoms with Gasteiger partial charge in [-0.2, -0.15) is 0 Å². The summed E-state index contributed by atoms with van der Waals surface area (Å²) in [6, 6.07) is 5.20. The Hall–Kier alpha value is -2.25. The van der Waals surface area contributed by atoms with Crippen LogP contribution < -0.4 is 14.8 Å². The molecule has 1 aromatic carbocycles. The summed E-state index contributed by atoms with van der Waals surface area (Å²) in [7, 11) is 1.61. The number of methoxy groups -OCH3 is 1. The summed E-state index contributed by atoms with van der Waals surface area (Å²) in [6.45, 7) is 3.67. The normalized spacial score (nSPS) is 21.4. The van der Waals surface area contributed by atoms with Crippen molar-refractivity contribution in [3.05, 3.63) is 35.9 Å². The summed E-state index contributed by atoms with van der Waals surface area (Å²) < 4.78 is 11.6. The van der Waals surface area contributed by atoms with Crippen LogP contribution in [0.5, 0.6) is 11.5 Å². The second-order valence-corrected chi connectivity index (χ2v) is 7.82. The molecular formula is C22H30ClN3O4. The van der Waals surface area contributed by atoms with Gasteiger partial charge >= 0.3 is 0 Å². The number of rotatable bonds is 5. The molecular weight excluding hydrogens is 406 g/mol. The molecule has 30 heavy (non-hydrogen) atoms. The number of carbonyl (C=O) groups excluding carboxylic acids is 2. The van der Waals surface area contributed by atoms with Crippen molar-refractivity contribution in [2.75, 3.05) is 39.8 Å². The fourth-order valence-corrected chi connectivity index (χ4v) is 4.20. The maximum absolute atomic E-state index is 12.9. The molecule has 2 fully saturated rings. The lowest BCUT2D eigenvalue weighted by atomic mass is 10.1. The summed E-state index contributed by atoms with van der Waals surface area (Å²) in [5, 5.41) is 3.17. The quantitative estimate of drug-likeness (QED) is 0.718. The van der Waals surface area contributed by atoms with Gasteiger partial charge in [0.05, 0.1) is 12.7 Å². The molecule has 164 valence electrons. The van der Waals surface area contributed by atoms with Crippen LogP contribution in [0.2, 0.25) is 0 Å². The van der Waals surface area contributed by atoms with Crippen molar-refractivity contribution in [3.8, 4) is 11.5 Å². The summed E-state index contributed by atoms with van der Waals surface area (Å²) in [5.41, 5.74) is 0.589. The number of benzene rings is 1. The zero-order valence-corrected chi connectivity index (χ0v) is 18.2. The zero-order chi connectivity index (χ0) is 20.2. The zero-order valence-electron chi connectivity index (χ0n) is 17.3. The minimum atomic E-state index is -0.199. The lowest BCUT2D eigenvalue weighted by Crippen LogP contribution is -2.48. The van der Waals surface area contributed by atoms with E-state index in [1.165, 1.54) is 0 Å². The highest BCUT2D eigenvalue weighted by molar-refractivity contribution is 5.97. The predicted molar refractivity (Wildman–Crippen MR) is 117 cm³/mol. The molecule has 4 rings (SSSR count). The van der Waals surface area contributed by atoms with Gasteiger partial charge < -0.3 is 19.3 Å². The lowest BCUT2D eigenvalue weighted by Gasteiger charge is -2.34. The molecule has 3 heterocycles. The molecule has 0 aliphatic carbocycles. The van der Waals surface area contributed by atoms with Crippen LogP contribution in [-0.4, -0.2) is 73.6 Å². The van der Waals surface area contributed by atoms with Gasteiger partial charge in [0.1, 0.15) is 23.6 Å². The number of amides is 2. The first-order valence-corrected chi connectivity index (χ1v) is 10.5. The van der Waals surface area contributed by atoms with Crippen LogP contribution in [0.4, 0.5) is 0 Å². The Morgan fingerprint density at radius 3 is 2.43 bits per heavy atom. The second kappa shape index (κ2) is 10.2. The van der Waals surface area contributed by atoms with E-state index in [-0.39, 0.29) is 36.4 Å². The van der Waals surface area contributed by atoms with Gasteiger partial charge in [-0.25, -0.2) is 0 Å². The third-order valence-electron chi connectivity index (χ3n) is 5.91. The number of hydrogen-bond donors (Lipinski definition) is 1. The van der Waals surface area contributed by atoms with Gasteiger partial charge in [0.2, 0.25) is 5.91 Å². The molecule has 0 bridgehead atoms. The Balaban J connectivity index is 0.00000256. The Bertz CT molecular complexity index is 787. The number of likely N-dealkylation sites (tertiary alicyclic amines) is 2. The summed E-state index contributed by atoms with van der Waals surface area (Å²) in [4.78, 5) is 29.3. The molecule has 1 N–H and O–H groups in total. The van der Waals surface area contributed by atoms with Gasteiger partial charge in [-0.15, -0.1) is 12.4 Å². The molecule has 0 aromatic heterocycles. The standard InChI is InChI=1S/C22H29N3O4.ClH/c1-28-17-6-7-18(21(26)24-11-2-3-12-24)20(15-17)29-16-8-13-25(14-9-16)22(27)19-5-4-10-23-19;/h4-7,15-16,19,23H,2-3,8-14H2,1H3;1H. The van der Waals surface area contributed by atoms with E-state index in [0.29, 0.717) is 30.2 Å². The third kappa shape index (κ3) is 4.90. The SMILES string of the molecule is COc1ccc(C(=O)N2CCCC2)c(OC2CCN(C(=O)C3C=CCN3)CC2)c1.Cl. The van der Waals surface area contributed by atoms with Crippen LogP contribution in [-0.2, 0) is 4.79 Å². The molecule has 3 aliphatic rings. The number of nitrogens with zero attached hydrogens (tertiary/aromatic N) is 2. The molecule has 2 saturated heterocycles. The van der Waals surface area contributed by atoms with E-state index < -0.39 is 0 Å². The molecule has 8 heteroatoms. The average molecular weight is 436 g/mol. The third-order valence-corrected chi connectivity index (χ3v) is 5.91. The molecule has 0 saturated carbocycles. The van der Waals surface area contributed by atoms with Crippen molar-refractivity contribution in [1.29, 1.82) is 0 Å². The fraction of sp³-hybridized carbons (Fsp3) is 0.545. The highest BCUT2D eigenvalue weighted by Crippen LogP contribution is 2.30. The number of piperidine rings is 1. The van der Waals surface area contributed by atoms with Crippen molar-refractivity contribution in [2.24, 2.45) is 0 Å². The van der Waals surface area contributed by atoms with Crippen molar-refractivity contribution in [3.63, 3.8) is 0 Å². The van der Waals surface area contributed by atoms with Crippen LogP contribution in [0.15, 0.2) is 30.4 Å². The topological polar surface area (TPSA) is 71.1 Å². The van der Waals surface area contributed by atoms with Crippen molar-refractivity contribution in [1.82, 2.24) is 15.1 Å². The van der Waals surface area contributed by atoms with Crippen LogP contribution in [0.25, 0.3) is 0 Å². The summed E-state index contributed by atoms with van der Waals surface area (Å²) in [5.74, 6) is 1.39. The van der Waals surface area contributed by atoms with Crippen molar-refractivity contribution >= 4 is 24.2 Å². The van der Waals surface area contributed by atoms with Gasteiger partial charge in [0, 0.05) is 51.6 Å². The van der Waals surface area contributed by atoms with E-state index in [9.17, 15) is 9.59 Å². The van der Waals surface area contributed by atoms with Gasteiger partial charge in [0.15, 0.2) is 0 Å². The molecule has 1 aromatic rings. The maximum Gasteiger partial charge on any atom is 0.257 e. The first kappa shape index (κ1) is 22.4. The Morgan fingerprint density at radius 1 is 1.07 bits per heavy atom. The first-order valence-electron chi connectivity index (χ1n) is 10.5. The molecule has 0 radical (unpaired) electrons. The number of hydrogen-bond acceptors (Lipinski definition) is 5. The molecule has 0 spiro atoms. The van der Waals surface area contributed by atoms with E-state index >= 15 is 0 Å². The smallest absolute Gasteiger partial charge is 0.257 e. The number of halogens is 1. The maximum atomic E-state index is 12.9. The average Bonchev–Trinajstić information content (AvgIpc) is 3.47. The Kier molecular flexibility index (Phi) is 7.61. The Labute approximate surface area is 183 Å². The van der Waals surface area contributed by atoms with Crippen LogP contribution in [0.1, 0.15) is 36.0 Å². The van der Waals surface area contributed by atoms with Crippen molar-refractivity contribution < 1.29 is 19.1 Å². The second-order valence-electron chi connectivity index (χ2n) is 7.82. The van der Waals surface area contributed by atoms with E-state index in [1.54, 1.807) is 25.3 Å². The molecule has 1 atom stereocenters. The van der Waals surface area contributed by atoms with E-state index in [4.69, 9.17) is 9.47 Å².